The number of amides is 1. The number of methoxy groups -OCH3 is 1. The van der Waals surface area contributed by atoms with Crippen LogP contribution in [0.4, 0.5) is 4.39 Å². The number of carbonyl (C=O) groups excluding carboxylic acids is 1. The van der Waals surface area contributed by atoms with Crippen molar-refractivity contribution >= 4 is 17.7 Å². The molecule has 4 aromatic rings. The van der Waals surface area contributed by atoms with Crippen LogP contribution in [-0.4, -0.2) is 23.8 Å². The minimum Gasteiger partial charge on any atom is -0.497 e. The Morgan fingerprint density at radius 1 is 0.941 bits per heavy atom. The molecule has 4 nitrogen and oxygen atoms in total. The molecule has 0 fully saturated rings. The maximum absolute atomic E-state index is 13.1. The topological polar surface area (TPSA) is 43.3 Å². The number of benzene rings is 3. The van der Waals surface area contributed by atoms with E-state index in [-0.39, 0.29) is 11.7 Å². The molecule has 3 aromatic carbocycles. The number of aromatic nitrogens is 1. The van der Waals surface area contributed by atoms with Crippen LogP contribution in [-0.2, 0) is 17.8 Å². The van der Waals surface area contributed by atoms with Crippen LogP contribution < -0.4 is 10.1 Å². The Labute approximate surface area is 203 Å². The molecule has 0 spiro atoms. The molecule has 1 amide bonds. The van der Waals surface area contributed by atoms with Crippen LogP contribution in [0, 0.1) is 5.82 Å². The highest BCUT2D eigenvalue weighted by Crippen LogP contribution is 2.29. The fourth-order valence-electron chi connectivity index (χ4n) is 3.83. The van der Waals surface area contributed by atoms with Crippen LogP contribution in [0.15, 0.2) is 89.8 Å². The molecular weight excluding hydrogens is 447 g/mol. The summed E-state index contributed by atoms with van der Waals surface area (Å²) in [5, 5.41) is 2.93. The molecule has 0 atom stereocenters. The zero-order valence-corrected chi connectivity index (χ0v) is 20.1. The van der Waals surface area contributed by atoms with Gasteiger partial charge in [-0.1, -0.05) is 12.1 Å². The van der Waals surface area contributed by atoms with Gasteiger partial charge in [-0.2, -0.15) is 0 Å². The molecule has 1 heterocycles. The van der Waals surface area contributed by atoms with Gasteiger partial charge in [-0.3, -0.25) is 4.79 Å². The Kier molecular flexibility index (Phi) is 7.70. The molecule has 34 heavy (non-hydrogen) atoms. The molecule has 0 bridgehead atoms. The number of ether oxygens (including phenoxy) is 1. The number of nitrogens with one attached hydrogen (secondary N) is 1. The van der Waals surface area contributed by atoms with E-state index in [0.717, 1.165) is 34.0 Å². The first kappa shape index (κ1) is 23.6. The highest BCUT2D eigenvalue weighted by atomic mass is 32.2. The number of rotatable bonds is 9. The fourth-order valence-corrected chi connectivity index (χ4v) is 4.24. The van der Waals surface area contributed by atoms with Gasteiger partial charge in [0.1, 0.15) is 11.6 Å². The van der Waals surface area contributed by atoms with Gasteiger partial charge in [-0.05, 0) is 96.6 Å². The van der Waals surface area contributed by atoms with Crippen LogP contribution in [0.1, 0.15) is 17.7 Å². The maximum Gasteiger partial charge on any atom is 0.220 e. The van der Waals surface area contributed by atoms with E-state index >= 15 is 0 Å². The van der Waals surface area contributed by atoms with E-state index in [1.807, 2.05) is 24.3 Å². The summed E-state index contributed by atoms with van der Waals surface area (Å²) in [6, 6.07) is 26.8. The molecule has 6 heteroatoms. The van der Waals surface area contributed by atoms with Crippen molar-refractivity contribution in [3.8, 4) is 22.7 Å². The van der Waals surface area contributed by atoms with E-state index in [2.05, 4.69) is 52.5 Å². The van der Waals surface area contributed by atoms with Gasteiger partial charge in [0.2, 0.25) is 5.91 Å². The summed E-state index contributed by atoms with van der Waals surface area (Å²) < 4.78 is 20.6. The molecule has 0 saturated heterocycles. The second-order valence-corrected chi connectivity index (χ2v) is 8.75. The zero-order valence-electron chi connectivity index (χ0n) is 19.3. The predicted molar refractivity (Wildman–Crippen MR) is 136 cm³/mol. The normalized spacial score (nSPS) is 10.8. The van der Waals surface area contributed by atoms with Crippen LogP contribution in [0.3, 0.4) is 0 Å². The first-order valence-electron chi connectivity index (χ1n) is 11.1. The van der Waals surface area contributed by atoms with Gasteiger partial charge in [0.05, 0.1) is 12.8 Å². The number of hydrogen-bond acceptors (Lipinski definition) is 3. The number of nitrogens with zero attached hydrogens (tertiary/aromatic N) is 1. The second-order valence-electron chi connectivity index (χ2n) is 7.88. The van der Waals surface area contributed by atoms with Gasteiger partial charge in [0.25, 0.3) is 0 Å². The molecular formula is C28H27FN2O2S. The molecule has 174 valence electrons. The monoisotopic (exact) mass is 474 g/mol. The summed E-state index contributed by atoms with van der Waals surface area (Å²) in [7, 11) is 1.66. The van der Waals surface area contributed by atoms with Crippen molar-refractivity contribution in [3.63, 3.8) is 0 Å². The molecule has 0 saturated carbocycles. The maximum atomic E-state index is 13.1. The van der Waals surface area contributed by atoms with Gasteiger partial charge < -0.3 is 14.6 Å². The lowest BCUT2D eigenvalue weighted by molar-refractivity contribution is -0.121. The quantitative estimate of drug-likeness (QED) is 0.291. The first-order chi connectivity index (χ1) is 16.6. The van der Waals surface area contributed by atoms with E-state index in [1.54, 1.807) is 31.0 Å². The molecule has 0 aliphatic rings. The number of carbonyl (C=O) groups is 1. The van der Waals surface area contributed by atoms with Gasteiger partial charge in [0.15, 0.2) is 0 Å². The second kappa shape index (κ2) is 11.1. The van der Waals surface area contributed by atoms with E-state index in [4.69, 9.17) is 4.74 Å². The fraction of sp³-hybridized carbons (Fsp3) is 0.179. The SMILES string of the molecule is COc1ccc(-c2ccc(CCC(=O)NCc3ccc(F)cc3)n2-c2ccc(SC)cc2)cc1. The van der Waals surface area contributed by atoms with Crippen LogP contribution in [0.2, 0.25) is 0 Å². The van der Waals surface area contributed by atoms with Crippen LogP contribution in [0.25, 0.3) is 16.9 Å². The molecule has 0 aliphatic carbocycles. The standard InChI is InChI=1S/C28H27FN2O2S/c1-33-25-13-5-21(6-14-25)27-17-11-24(31(27)23-9-15-26(34-2)16-10-23)12-18-28(32)30-19-20-3-7-22(29)8-4-20/h3-11,13-17H,12,18-19H2,1-2H3,(H,30,32). The van der Waals surface area contributed by atoms with E-state index in [1.165, 1.54) is 17.0 Å². The van der Waals surface area contributed by atoms with Crippen molar-refractivity contribution in [2.75, 3.05) is 13.4 Å². The third kappa shape index (κ3) is 5.69. The third-order valence-corrected chi connectivity index (χ3v) is 6.43. The van der Waals surface area contributed by atoms with Crippen molar-refractivity contribution in [1.29, 1.82) is 0 Å². The third-order valence-electron chi connectivity index (χ3n) is 5.69. The Morgan fingerprint density at radius 3 is 2.29 bits per heavy atom. The van der Waals surface area contributed by atoms with E-state index in [9.17, 15) is 9.18 Å². The molecule has 0 radical (unpaired) electrons. The Bertz CT molecular complexity index is 1230. The lowest BCUT2D eigenvalue weighted by atomic mass is 10.1. The van der Waals surface area contributed by atoms with Gasteiger partial charge in [-0.15, -0.1) is 11.8 Å². The minimum atomic E-state index is -0.283. The van der Waals surface area contributed by atoms with Crippen molar-refractivity contribution in [1.82, 2.24) is 9.88 Å². The molecule has 1 N–H and O–H groups in total. The van der Waals surface area contributed by atoms with Crippen molar-refractivity contribution in [3.05, 3.63) is 102 Å². The Balaban J connectivity index is 1.54. The average Bonchev–Trinajstić information content (AvgIpc) is 3.31. The summed E-state index contributed by atoms with van der Waals surface area (Å²) in [5.74, 6) is 0.485. The lowest BCUT2D eigenvalue weighted by Gasteiger charge is -2.15. The summed E-state index contributed by atoms with van der Waals surface area (Å²) in [4.78, 5) is 13.7. The van der Waals surface area contributed by atoms with Crippen LogP contribution >= 0.6 is 11.8 Å². The number of hydrogen-bond donors (Lipinski definition) is 1. The van der Waals surface area contributed by atoms with Crippen LogP contribution in [0.5, 0.6) is 5.75 Å². The Morgan fingerprint density at radius 2 is 1.65 bits per heavy atom. The highest BCUT2D eigenvalue weighted by Gasteiger charge is 2.14. The van der Waals surface area contributed by atoms with Crippen molar-refractivity contribution < 1.29 is 13.9 Å². The predicted octanol–water partition coefficient (Wildman–Crippen LogP) is 6.26. The molecule has 4 rings (SSSR count). The molecule has 0 aliphatic heterocycles. The summed E-state index contributed by atoms with van der Waals surface area (Å²) >= 11 is 1.71. The van der Waals surface area contributed by atoms with E-state index in [0.29, 0.717) is 19.4 Å². The lowest BCUT2D eigenvalue weighted by Crippen LogP contribution is -2.23. The smallest absolute Gasteiger partial charge is 0.220 e. The van der Waals surface area contributed by atoms with Crippen molar-refractivity contribution in [2.45, 2.75) is 24.3 Å². The zero-order chi connectivity index (χ0) is 23.9. The van der Waals surface area contributed by atoms with Gasteiger partial charge in [-0.25, -0.2) is 4.39 Å². The number of thioether (sulfide) groups is 1. The largest absolute Gasteiger partial charge is 0.497 e. The highest BCUT2D eigenvalue weighted by molar-refractivity contribution is 7.98. The average molecular weight is 475 g/mol. The summed E-state index contributed by atoms with van der Waals surface area (Å²) in [6.45, 7) is 0.382. The summed E-state index contributed by atoms with van der Waals surface area (Å²) in [6.07, 6.45) is 3.01. The molecule has 1 aromatic heterocycles. The summed E-state index contributed by atoms with van der Waals surface area (Å²) in [5.41, 5.74) is 5.10. The van der Waals surface area contributed by atoms with Gasteiger partial charge in [0, 0.05) is 29.2 Å². The van der Waals surface area contributed by atoms with E-state index < -0.39 is 0 Å². The van der Waals surface area contributed by atoms with Crippen molar-refractivity contribution in [2.24, 2.45) is 0 Å². The number of halogens is 1. The minimum absolute atomic E-state index is 0.0409. The number of aryl methyl sites for hydroxylation is 1. The molecule has 0 unspecified atom stereocenters. The van der Waals surface area contributed by atoms with Gasteiger partial charge >= 0.3 is 0 Å². The Hall–Kier alpha value is -3.51. The first-order valence-corrected chi connectivity index (χ1v) is 12.3.